The van der Waals surface area contributed by atoms with Crippen molar-refractivity contribution in [3.8, 4) is 28.3 Å². The number of hydrogen-bond acceptors (Lipinski definition) is 9. The third-order valence-electron chi connectivity index (χ3n) is 7.19. The van der Waals surface area contributed by atoms with Crippen LogP contribution in [-0.2, 0) is 6.54 Å². The van der Waals surface area contributed by atoms with Crippen molar-refractivity contribution in [3.63, 3.8) is 0 Å². The molecule has 3 aromatic heterocycles. The quantitative estimate of drug-likeness (QED) is 0.288. The van der Waals surface area contributed by atoms with E-state index in [-0.39, 0.29) is 11.3 Å². The van der Waals surface area contributed by atoms with E-state index in [2.05, 4.69) is 42.9 Å². The van der Waals surface area contributed by atoms with Crippen LogP contribution in [0.4, 0.5) is 11.6 Å². The summed E-state index contributed by atoms with van der Waals surface area (Å²) < 4.78 is 6.62. The van der Waals surface area contributed by atoms with Gasteiger partial charge in [0.2, 0.25) is 17.7 Å². The van der Waals surface area contributed by atoms with E-state index in [0.29, 0.717) is 57.8 Å². The van der Waals surface area contributed by atoms with Crippen molar-refractivity contribution in [2.75, 3.05) is 18.4 Å². The topological polar surface area (TPSA) is 131 Å². The Bertz CT molecular complexity index is 1700. The molecule has 0 spiro atoms. The highest BCUT2D eigenvalue weighted by atomic mass is 16.5. The second-order valence-corrected chi connectivity index (χ2v) is 9.72. The summed E-state index contributed by atoms with van der Waals surface area (Å²) in [6, 6.07) is 15.1. The summed E-state index contributed by atoms with van der Waals surface area (Å²) in [5, 5.41) is 22.1. The van der Waals surface area contributed by atoms with E-state index in [1.165, 1.54) is 11.6 Å². The molecule has 5 aromatic rings. The summed E-state index contributed by atoms with van der Waals surface area (Å²) in [4.78, 5) is 26.9. The molecule has 2 aromatic carbocycles. The van der Waals surface area contributed by atoms with Crippen molar-refractivity contribution in [1.82, 2.24) is 30.0 Å². The predicted molar refractivity (Wildman–Crippen MR) is 149 cm³/mol. The molecule has 0 aliphatic carbocycles. The zero-order valence-electron chi connectivity index (χ0n) is 21.8. The monoisotopic (exact) mass is 523 g/mol. The Hall–Kier alpha value is -4.57. The summed E-state index contributed by atoms with van der Waals surface area (Å²) >= 11 is 0. The average molecular weight is 524 g/mol. The molecule has 0 amide bonds. The van der Waals surface area contributed by atoms with Crippen LogP contribution in [0.15, 0.2) is 64.0 Å². The number of anilines is 2. The molecule has 0 saturated carbocycles. The van der Waals surface area contributed by atoms with E-state index in [9.17, 15) is 9.90 Å². The van der Waals surface area contributed by atoms with Crippen molar-refractivity contribution in [1.29, 1.82) is 0 Å². The minimum absolute atomic E-state index is 0.0544. The maximum absolute atomic E-state index is 13.5. The largest absolute Gasteiger partial charge is 0.507 e. The summed E-state index contributed by atoms with van der Waals surface area (Å²) in [6.07, 6.45) is 3.99. The number of hydrogen-bond donors (Lipinski definition) is 3. The van der Waals surface area contributed by atoms with Crippen molar-refractivity contribution in [2.45, 2.75) is 39.2 Å². The molecule has 1 aliphatic heterocycles. The number of fused-ring (bicyclic) bond motifs is 1. The number of rotatable bonds is 6. The lowest BCUT2D eigenvalue weighted by Gasteiger charge is -2.23. The number of nitrogens with zero attached hydrogens (tertiary/aromatic N) is 5. The SMILES string of the molecule is CCn1c(=O)c(-c2ccc(-c3noc(C)n3)cc2O)cc2cnc(Nc3ccc(C4CCNCC4)cc3)nc21. The molecular formula is C29H29N7O3. The number of nitrogens with one attached hydrogen (secondary N) is 2. The maximum atomic E-state index is 13.5. The molecule has 4 heterocycles. The van der Waals surface area contributed by atoms with Crippen LogP contribution in [0.1, 0.15) is 37.1 Å². The standard InChI is InChI=1S/C29H29N7O3/c1-3-36-27-21(14-24(28(36)38)23-9-6-20(15-25(23)37)26-32-17(2)39-35-26)16-31-29(34-27)33-22-7-4-18(5-8-22)19-10-12-30-13-11-19/h4-9,14-16,19,30,37H,3,10-13H2,1-2H3,(H,31,33,34). The van der Waals surface area contributed by atoms with Crippen LogP contribution < -0.4 is 16.2 Å². The summed E-state index contributed by atoms with van der Waals surface area (Å²) in [5.41, 5.74) is 3.86. The van der Waals surface area contributed by atoms with Gasteiger partial charge in [0.15, 0.2) is 0 Å². The molecule has 10 nitrogen and oxygen atoms in total. The van der Waals surface area contributed by atoms with Crippen LogP contribution in [0.2, 0.25) is 0 Å². The Morgan fingerprint density at radius 3 is 2.56 bits per heavy atom. The van der Waals surface area contributed by atoms with Crippen LogP contribution in [0.3, 0.4) is 0 Å². The van der Waals surface area contributed by atoms with E-state index in [0.717, 1.165) is 31.6 Å². The van der Waals surface area contributed by atoms with Crippen LogP contribution in [-0.4, -0.2) is 42.9 Å². The first-order valence-corrected chi connectivity index (χ1v) is 13.1. The predicted octanol–water partition coefficient (Wildman–Crippen LogP) is 4.75. The van der Waals surface area contributed by atoms with Gasteiger partial charge < -0.3 is 20.3 Å². The maximum Gasteiger partial charge on any atom is 0.260 e. The fraction of sp³-hybridized carbons (Fsp3) is 0.276. The van der Waals surface area contributed by atoms with Gasteiger partial charge in [-0.1, -0.05) is 23.4 Å². The highest BCUT2D eigenvalue weighted by Gasteiger charge is 2.18. The van der Waals surface area contributed by atoms with E-state index in [4.69, 9.17) is 4.52 Å². The van der Waals surface area contributed by atoms with Crippen LogP contribution in [0.5, 0.6) is 5.75 Å². The Balaban J connectivity index is 1.30. The molecule has 1 fully saturated rings. The Kier molecular flexibility index (Phi) is 6.54. The van der Waals surface area contributed by atoms with Crippen LogP contribution in [0.25, 0.3) is 33.5 Å². The number of phenolic OH excluding ortho intramolecular Hbond substituents is 1. The Labute approximate surface area is 224 Å². The van der Waals surface area contributed by atoms with Gasteiger partial charge in [0, 0.05) is 41.9 Å². The van der Waals surface area contributed by atoms with Gasteiger partial charge in [-0.05, 0) is 74.7 Å². The van der Waals surface area contributed by atoms with Gasteiger partial charge in [-0.2, -0.15) is 9.97 Å². The molecule has 0 radical (unpaired) electrons. The molecule has 6 rings (SSSR count). The fourth-order valence-electron chi connectivity index (χ4n) is 5.14. The first-order valence-electron chi connectivity index (χ1n) is 13.1. The molecule has 198 valence electrons. The molecule has 1 saturated heterocycles. The molecule has 0 unspecified atom stereocenters. The molecule has 10 heteroatoms. The van der Waals surface area contributed by atoms with Gasteiger partial charge in [-0.15, -0.1) is 0 Å². The minimum atomic E-state index is -0.251. The average Bonchev–Trinajstić information content (AvgIpc) is 3.40. The number of aryl methyl sites for hydroxylation is 2. The van der Waals surface area contributed by atoms with Gasteiger partial charge in [0.05, 0.1) is 5.56 Å². The van der Waals surface area contributed by atoms with Gasteiger partial charge >= 0.3 is 0 Å². The Morgan fingerprint density at radius 2 is 1.87 bits per heavy atom. The summed E-state index contributed by atoms with van der Waals surface area (Å²) in [5.74, 6) is 1.74. The summed E-state index contributed by atoms with van der Waals surface area (Å²) in [6.45, 7) is 6.11. The molecule has 0 bridgehead atoms. The Morgan fingerprint density at radius 1 is 1.08 bits per heavy atom. The molecule has 1 aliphatic rings. The number of aromatic hydroxyl groups is 1. The van der Waals surface area contributed by atoms with Gasteiger partial charge in [0.1, 0.15) is 11.4 Å². The van der Waals surface area contributed by atoms with E-state index in [1.54, 1.807) is 35.9 Å². The lowest BCUT2D eigenvalue weighted by Crippen LogP contribution is -2.26. The smallest absolute Gasteiger partial charge is 0.260 e. The van der Waals surface area contributed by atoms with Crippen molar-refractivity contribution >= 4 is 22.7 Å². The van der Waals surface area contributed by atoms with E-state index in [1.807, 2.05) is 19.1 Å². The van der Waals surface area contributed by atoms with Gasteiger partial charge in [0.25, 0.3) is 5.56 Å². The number of benzene rings is 2. The number of phenols is 1. The molecule has 0 atom stereocenters. The van der Waals surface area contributed by atoms with Crippen molar-refractivity contribution in [2.24, 2.45) is 0 Å². The summed E-state index contributed by atoms with van der Waals surface area (Å²) in [7, 11) is 0. The molecule has 3 N–H and O–H groups in total. The number of aromatic nitrogens is 5. The first-order chi connectivity index (χ1) is 19.0. The molecular weight excluding hydrogens is 494 g/mol. The van der Waals surface area contributed by atoms with Crippen molar-refractivity contribution < 1.29 is 9.63 Å². The second kappa shape index (κ2) is 10.3. The highest BCUT2D eigenvalue weighted by Crippen LogP contribution is 2.32. The third-order valence-corrected chi connectivity index (χ3v) is 7.19. The normalized spacial score (nSPS) is 14.1. The van der Waals surface area contributed by atoms with Crippen LogP contribution >= 0.6 is 0 Å². The van der Waals surface area contributed by atoms with E-state index >= 15 is 0 Å². The fourth-order valence-corrected chi connectivity index (χ4v) is 5.14. The molecule has 39 heavy (non-hydrogen) atoms. The van der Waals surface area contributed by atoms with Gasteiger partial charge in [-0.25, -0.2) is 4.98 Å². The van der Waals surface area contributed by atoms with Gasteiger partial charge in [-0.3, -0.25) is 9.36 Å². The third kappa shape index (κ3) is 4.86. The highest BCUT2D eigenvalue weighted by molar-refractivity contribution is 5.84. The van der Waals surface area contributed by atoms with E-state index < -0.39 is 0 Å². The van der Waals surface area contributed by atoms with Crippen LogP contribution in [0, 0.1) is 6.92 Å². The minimum Gasteiger partial charge on any atom is -0.507 e. The lowest BCUT2D eigenvalue weighted by atomic mass is 9.90. The van der Waals surface area contributed by atoms with Crippen molar-refractivity contribution in [3.05, 3.63) is 76.5 Å². The zero-order valence-corrected chi connectivity index (χ0v) is 21.8. The zero-order chi connectivity index (χ0) is 26.9. The number of pyridine rings is 1. The second-order valence-electron chi connectivity index (χ2n) is 9.72. The number of piperidine rings is 1. The lowest BCUT2D eigenvalue weighted by molar-refractivity contribution is 0.394. The first kappa shape index (κ1) is 24.7.